The Hall–Kier alpha value is -1.26. The van der Waals surface area contributed by atoms with Gasteiger partial charge in [-0.15, -0.1) is 0 Å². The van der Waals surface area contributed by atoms with Gasteiger partial charge in [0, 0.05) is 0 Å². The summed E-state index contributed by atoms with van der Waals surface area (Å²) in [6.45, 7) is 9.35. The van der Waals surface area contributed by atoms with Gasteiger partial charge in [-0.3, -0.25) is 4.79 Å². The molecule has 0 aliphatic heterocycles. The molecule has 0 saturated carbocycles. The van der Waals surface area contributed by atoms with Crippen LogP contribution in [0.2, 0.25) is 5.02 Å². The van der Waals surface area contributed by atoms with Crippen LogP contribution in [0.15, 0.2) is 18.2 Å². The number of nitrogens with two attached hydrogens (primary N) is 1. The van der Waals surface area contributed by atoms with Gasteiger partial charge in [-0.1, -0.05) is 31.5 Å². The lowest BCUT2D eigenvalue weighted by Crippen LogP contribution is -2.41. The number of benzene rings is 1. The van der Waals surface area contributed by atoms with E-state index in [4.69, 9.17) is 26.8 Å². The Balaban J connectivity index is 2.81. The quantitative estimate of drug-likeness (QED) is 0.818. The number of aryl methyl sites for hydroxylation is 1. The number of carbonyl (C=O) groups is 1. The van der Waals surface area contributed by atoms with Crippen LogP contribution in [0.5, 0.6) is 5.75 Å². The molecule has 0 spiro atoms. The molecule has 0 fully saturated rings. The highest BCUT2D eigenvalue weighted by Crippen LogP contribution is 2.28. The maximum absolute atomic E-state index is 11.7. The van der Waals surface area contributed by atoms with E-state index in [1.54, 1.807) is 6.92 Å². The predicted octanol–water partition coefficient (Wildman–Crippen LogP) is 3.33. The lowest BCUT2D eigenvalue weighted by molar-refractivity contribution is -0.157. The van der Waals surface area contributed by atoms with Crippen LogP contribution in [0.4, 0.5) is 0 Å². The molecule has 4 nitrogen and oxygen atoms in total. The highest BCUT2D eigenvalue weighted by molar-refractivity contribution is 6.32. The number of esters is 1. The fourth-order valence-corrected chi connectivity index (χ4v) is 2.26. The molecule has 5 heteroatoms. The maximum atomic E-state index is 11.7. The number of ether oxygens (including phenoxy) is 2. The van der Waals surface area contributed by atoms with Gasteiger partial charge < -0.3 is 15.2 Å². The van der Waals surface area contributed by atoms with Crippen LogP contribution in [0.25, 0.3) is 0 Å². The molecule has 1 rings (SSSR count). The van der Waals surface area contributed by atoms with Gasteiger partial charge in [-0.2, -0.15) is 0 Å². The van der Waals surface area contributed by atoms with Gasteiger partial charge in [0.25, 0.3) is 0 Å². The molecule has 0 radical (unpaired) electrons. The van der Waals surface area contributed by atoms with Crippen LogP contribution in [0.3, 0.4) is 0 Å². The number of carbonyl (C=O) groups excluding carboxylic acids is 1. The van der Waals surface area contributed by atoms with Crippen LogP contribution in [0, 0.1) is 12.8 Å². The summed E-state index contributed by atoms with van der Waals surface area (Å²) in [5.41, 5.74) is 6.60. The highest BCUT2D eigenvalue weighted by atomic mass is 35.5. The number of halogens is 1. The van der Waals surface area contributed by atoms with Crippen LogP contribution < -0.4 is 10.5 Å². The summed E-state index contributed by atoms with van der Waals surface area (Å²) in [7, 11) is 0. The molecular weight excluding hydrogens is 290 g/mol. The Labute approximate surface area is 131 Å². The highest BCUT2D eigenvalue weighted by Gasteiger charge is 2.28. The van der Waals surface area contributed by atoms with Gasteiger partial charge in [0.05, 0.1) is 5.02 Å². The van der Waals surface area contributed by atoms with E-state index in [1.165, 1.54) is 0 Å². The van der Waals surface area contributed by atoms with Gasteiger partial charge in [0.1, 0.15) is 24.0 Å². The molecule has 0 bridgehead atoms. The third-order valence-corrected chi connectivity index (χ3v) is 3.44. The summed E-state index contributed by atoms with van der Waals surface area (Å²) in [5.74, 6) is 0.253. The monoisotopic (exact) mass is 313 g/mol. The number of hydrogen-bond acceptors (Lipinski definition) is 4. The molecule has 0 aliphatic rings. The van der Waals surface area contributed by atoms with Crippen molar-refractivity contribution in [3.05, 3.63) is 28.8 Å². The summed E-state index contributed by atoms with van der Waals surface area (Å²) in [6.07, 6.45) is -0.714. The SMILES string of the molecule is Cc1ccc(O[C@@H](C)[C@H](OC(=O)[C@H](C)N)C(C)C)c(Cl)c1. The summed E-state index contributed by atoms with van der Waals surface area (Å²) in [5, 5.41) is 0.544. The minimum Gasteiger partial charge on any atom is -0.485 e. The first-order valence-electron chi connectivity index (χ1n) is 7.11. The molecule has 2 N–H and O–H groups in total. The first-order chi connectivity index (χ1) is 9.72. The molecule has 0 aromatic heterocycles. The molecule has 118 valence electrons. The Morgan fingerprint density at radius 2 is 1.86 bits per heavy atom. The largest absolute Gasteiger partial charge is 0.485 e. The average molecular weight is 314 g/mol. The van der Waals surface area contributed by atoms with E-state index >= 15 is 0 Å². The fourth-order valence-electron chi connectivity index (χ4n) is 1.98. The van der Waals surface area contributed by atoms with Crippen molar-refractivity contribution in [2.45, 2.75) is 52.9 Å². The predicted molar refractivity (Wildman–Crippen MR) is 84.6 cm³/mol. The van der Waals surface area contributed by atoms with Crippen molar-refractivity contribution in [2.24, 2.45) is 11.7 Å². The average Bonchev–Trinajstić information content (AvgIpc) is 2.38. The minimum absolute atomic E-state index is 0.104. The summed E-state index contributed by atoms with van der Waals surface area (Å²) >= 11 is 6.16. The summed E-state index contributed by atoms with van der Waals surface area (Å²) in [4.78, 5) is 11.7. The molecular formula is C16H24ClNO3. The summed E-state index contributed by atoms with van der Waals surface area (Å²) < 4.78 is 11.3. The minimum atomic E-state index is -0.651. The van der Waals surface area contributed by atoms with Gasteiger partial charge >= 0.3 is 5.97 Å². The smallest absolute Gasteiger partial charge is 0.323 e. The van der Waals surface area contributed by atoms with Gasteiger partial charge in [0.15, 0.2) is 0 Å². The van der Waals surface area contributed by atoms with E-state index in [0.29, 0.717) is 10.8 Å². The number of hydrogen-bond donors (Lipinski definition) is 1. The topological polar surface area (TPSA) is 61.5 Å². The second-order valence-electron chi connectivity index (χ2n) is 5.69. The van der Waals surface area contributed by atoms with Gasteiger partial charge in [-0.25, -0.2) is 0 Å². The molecule has 0 amide bonds. The maximum Gasteiger partial charge on any atom is 0.323 e. The van der Waals surface area contributed by atoms with E-state index in [1.807, 2.05) is 45.9 Å². The van der Waals surface area contributed by atoms with Crippen LogP contribution in [-0.4, -0.2) is 24.2 Å². The lowest BCUT2D eigenvalue weighted by atomic mass is 10.0. The van der Waals surface area contributed by atoms with E-state index in [2.05, 4.69) is 0 Å². The zero-order valence-corrected chi connectivity index (χ0v) is 14.0. The van der Waals surface area contributed by atoms with Gasteiger partial charge in [-0.05, 0) is 44.4 Å². The molecule has 0 saturated heterocycles. The molecule has 1 aromatic rings. The second kappa shape index (κ2) is 7.66. The van der Waals surface area contributed by atoms with Crippen molar-refractivity contribution in [1.29, 1.82) is 0 Å². The Kier molecular flexibility index (Phi) is 6.49. The molecule has 21 heavy (non-hydrogen) atoms. The van der Waals surface area contributed by atoms with Crippen LogP contribution >= 0.6 is 11.6 Å². The first-order valence-corrected chi connectivity index (χ1v) is 7.49. The molecule has 3 atom stereocenters. The van der Waals surface area contributed by atoms with Crippen LogP contribution in [0.1, 0.15) is 33.3 Å². The molecule has 0 unspecified atom stereocenters. The molecule has 0 heterocycles. The normalized spacial score (nSPS) is 15.4. The molecule has 0 aliphatic carbocycles. The van der Waals surface area contributed by atoms with E-state index < -0.39 is 12.0 Å². The Bertz CT molecular complexity index is 488. The fraction of sp³-hybridized carbons (Fsp3) is 0.562. The number of rotatable bonds is 6. The molecule has 1 aromatic carbocycles. The Morgan fingerprint density at radius 3 is 2.33 bits per heavy atom. The third kappa shape index (κ3) is 5.21. The summed E-state index contributed by atoms with van der Waals surface area (Å²) in [6, 6.07) is 4.93. The second-order valence-corrected chi connectivity index (χ2v) is 6.10. The Morgan fingerprint density at radius 1 is 1.24 bits per heavy atom. The zero-order chi connectivity index (χ0) is 16.2. The van der Waals surface area contributed by atoms with Crippen molar-refractivity contribution < 1.29 is 14.3 Å². The van der Waals surface area contributed by atoms with Crippen molar-refractivity contribution >= 4 is 17.6 Å². The third-order valence-electron chi connectivity index (χ3n) is 3.14. The first kappa shape index (κ1) is 17.8. The van der Waals surface area contributed by atoms with Crippen molar-refractivity contribution in [3.63, 3.8) is 0 Å². The van der Waals surface area contributed by atoms with E-state index in [9.17, 15) is 4.79 Å². The van der Waals surface area contributed by atoms with Crippen molar-refractivity contribution in [2.75, 3.05) is 0 Å². The van der Waals surface area contributed by atoms with E-state index in [-0.39, 0.29) is 18.1 Å². The lowest BCUT2D eigenvalue weighted by Gasteiger charge is -2.28. The van der Waals surface area contributed by atoms with E-state index in [0.717, 1.165) is 5.56 Å². The van der Waals surface area contributed by atoms with Crippen molar-refractivity contribution in [3.8, 4) is 5.75 Å². The van der Waals surface area contributed by atoms with Gasteiger partial charge in [0.2, 0.25) is 0 Å². The van der Waals surface area contributed by atoms with Crippen molar-refractivity contribution in [1.82, 2.24) is 0 Å². The zero-order valence-electron chi connectivity index (χ0n) is 13.2. The standard InChI is InChI=1S/C16H24ClNO3/c1-9(2)15(21-16(19)11(4)18)12(5)20-14-7-6-10(3)8-13(14)17/h6-9,11-12,15H,18H2,1-5H3/t11-,12-,15+/m0/s1. The van der Waals surface area contributed by atoms with Crippen LogP contribution in [-0.2, 0) is 9.53 Å².